The van der Waals surface area contributed by atoms with E-state index < -0.39 is 0 Å². The van der Waals surface area contributed by atoms with Gasteiger partial charge in [0.05, 0.1) is 11.1 Å². The lowest BCUT2D eigenvalue weighted by Crippen LogP contribution is -2.40. The maximum Gasteiger partial charge on any atom is 0.0931 e. The first-order valence-electron chi connectivity index (χ1n) is 5.41. The molecule has 1 fully saturated rings. The molecular formula is C11H18N2OS. The van der Waals surface area contributed by atoms with Crippen LogP contribution in [-0.2, 0) is 11.2 Å². The summed E-state index contributed by atoms with van der Waals surface area (Å²) < 4.78 is 5.71. The summed E-state index contributed by atoms with van der Waals surface area (Å²) in [6, 6.07) is 0. The molecule has 2 rings (SSSR count). The zero-order chi connectivity index (χ0) is 10.7. The zero-order valence-electron chi connectivity index (χ0n) is 9.32. The van der Waals surface area contributed by atoms with Crippen molar-refractivity contribution >= 4 is 11.3 Å². The van der Waals surface area contributed by atoms with Crippen LogP contribution in [0.2, 0.25) is 0 Å². The summed E-state index contributed by atoms with van der Waals surface area (Å²) in [6.07, 6.45) is 4.38. The van der Waals surface area contributed by atoms with E-state index in [-0.39, 0.29) is 5.41 Å². The standard InChI is InChI=1S/C11H18N2OS/c1-9-11(8-12-2,3-5-14-9)7-10-13-4-6-15-10/h4,6,9,12H,3,5,7-8H2,1-2H3. The summed E-state index contributed by atoms with van der Waals surface area (Å²) in [4.78, 5) is 4.38. The Morgan fingerprint density at radius 2 is 2.60 bits per heavy atom. The highest BCUT2D eigenvalue weighted by molar-refractivity contribution is 7.09. The first-order valence-corrected chi connectivity index (χ1v) is 6.29. The third kappa shape index (κ3) is 2.22. The van der Waals surface area contributed by atoms with Crippen molar-refractivity contribution in [2.75, 3.05) is 20.2 Å². The molecule has 0 saturated carbocycles. The molecule has 1 aliphatic rings. The predicted molar refractivity (Wildman–Crippen MR) is 62.2 cm³/mol. The van der Waals surface area contributed by atoms with Gasteiger partial charge in [-0.15, -0.1) is 11.3 Å². The number of aromatic nitrogens is 1. The SMILES string of the molecule is CNCC1(Cc2nccs2)CCOC1C. The molecule has 84 valence electrons. The lowest BCUT2D eigenvalue weighted by Gasteiger charge is -2.31. The van der Waals surface area contributed by atoms with Gasteiger partial charge in [0.15, 0.2) is 0 Å². The molecule has 2 unspecified atom stereocenters. The Bertz CT molecular complexity index is 302. The minimum atomic E-state index is 0.243. The van der Waals surface area contributed by atoms with E-state index >= 15 is 0 Å². The summed E-state index contributed by atoms with van der Waals surface area (Å²) in [5.74, 6) is 0. The van der Waals surface area contributed by atoms with Gasteiger partial charge in [-0.3, -0.25) is 0 Å². The Balaban J connectivity index is 2.12. The molecule has 1 aliphatic heterocycles. The van der Waals surface area contributed by atoms with Crippen LogP contribution in [0.5, 0.6) is 0 Å². The fourth-order valence-corrected chi connectivity index (χ4v) is 3.11. The van der Waals surface area contributed by atoms with Gasteiger partial charge in [0.1, 0.15) is 0 Å². The lowest BCUT2D eigenvalue weighted by atomic mass is 9.78. The fourth-order valence-electron chi connectivity index (χ4n) is 2.34. The summed E-state index contributed by atoms with van der Waals surface area (Å²) in [5, 5.41) is 6.56. The molecule has 15 heavy (non-hydrogen) atoms. The van der Waals surface area contributed by atoms with Gasteiger partial charge in [0.25, 0.3) is 0 Å². The Kier molecular flexibility index (Phi) is 3.38. The number of hydrogen-bond acceptors (Lipinski definition) is 4. The van der Waals surface area contributed by atoms with Gasteiger partial charge >= 0.3 is 0 Å². The molecule has 0 radical (unpaired) electrons. The van der Waals surface area contributed by atoms with E-state index in [2.05, 4.69) is 17.2 Å². The van der Waals surface area contributed by atoms with Crippen molar-refractivity contribution in [3.8, 4) is 0 Å². The van der Waals surface area contributed by atoms with Crippen LogP contribution in [0.1, 0.15) is 18.4 Å². The molecule has 1 saturated heterocycles. The highest BCUT2D eigenvalue weighted by Crippen LogP contribution is 2.37. The highest BCUT2D eigenvalue weighted by atomic mass is 32.1. The third-order valence-electron chi connectivity index (χ3n) is 3.35. The summed E-state index contributed by atoms with van der Waals surface area (Å²) in [5.41, 5.74) is 0.243. The quantitative estimate of drug-likeness (QED) is 0.848. The molecular weight excluding hydrogens is 208 g/mol. The number of thiazole rings is 1. The summed E-state index contributed by atoms with van der Waals surface area (Å²) >= 11 is 1.74. The molecule has 0 aromatic carbocycles. The van der Waals surface area contributed by atoms with E-state index in [4.69, 9.17) is 4.74 Å². The third-order valence-corrected chi connectivity index (χ3v) is 4.13. The van der Waals surface area contributed by atoms with Gasteiger partial charge in [-0.2, -0.15) is 0 Å². The predicted octanol–water partition coefficient (Wildman–Crippen LogP) is 1.70. The first kappa shape index (κ1) is 11.0. The van der Waals surface area contributed by atoms with Gasteiger partial charge in [0.2, 0.25) is 0 Å². The first-order chi connectivity index (χ1) is 7.27. The Morgan fingerprint density at radius 1 is 1.73 bits per heavy atom. The lowest BCUT2D eigenvalue weighted by molar-refractivity contribution is 0.0639. The molecule has 0 spiro atoms. The average molecular weight is 226 g/mol. The molecule has 2 heterocycles. The van der Waals surface area contributed by atoms with Crippen molar-refractivity contribution in [3.05, 3.63) is 16.6 Å². The van der Waals surface area contributed by atoms with Crippen LogP contribution >= 0.6 is 11.3 Å². The van der Waals surface area contributed by atoms with Crippen LogP contribution < -0.4 is 5.32 Å². The van der Waals surface area contributed by atoms with E-state index in [0.717, 1.165) is 26.0 Å². The van der Waals surface area contributed by atoms with E-state index in [1.165, 1.54) is 5.01 Å². The molecule has 0 amide bonds. The number of rotatable bonds is 4. The average Bonchev–Trinajstić information content (AvgIpc) is 2.80. The topological polar surface area (TPSA) is 34.2 Å². The highest BCUT2D eigenvalue weighted by Gasteiger charge is 2.41. The fraction of sp³-hybridized carbons (Fsp3) is 0.727. The molecule has 4 heteroatoms. The zero-order valence-corrected chi connectivity index (χ0v) is 10.1. The maximum atomic E-state index is 5.71. The molecule has 1 aromatic heterocycles. The number of nitrogens with zero attached hydrogens (tertiary/aromatic N) is 1. The molecule has 0 bridgehead atoms. The van der Waals surface area contributed by atoms with Crippen LogP contribution in [0.25, 0.3) is 0 Å². The second-order valence-electron chi connectivity index (χ2n) is 4.26. The number of ether oxygens (including phenoxy) is 1. The second kappa shape index (κ2) is 4.60. The van der Waals surface area contributed by atoms with Crippen LogP contribution in [0.3, 0.4) is 0 Å². The largest absolute Gasteiger partial charge is 0.378 e. The van der Waals surface area contributed by atoms with E-state index in [1.54, 1.807) is 11.3 Å². The smallest absolute Gasteiger partial charge is 0.0931 e. The Hall–Kier alpha value is -0.450. The van der Waals surface area contributed by atoms with Crippen LogP contribution in [0.15, 0.2) is 11.6 Å². The van der Waals surface area contributed by atoms with Crippen LogP contribution in [0, 0.1) is 5.41 Å². The van der Waals surface area contributed by atoms with Gasteiger partial charge in [-0.25, -0.2) is 4.98 Å². The van der Waals surface area contributed by atoms with E-state index in [9.17, 15) is 0 Å². The van der Waals surface area contributed by atoms with Crippen molar-refractivity contribution < 1.29 is 4.74 Å². The monoisotopic (exact) mass is 226 g/mol. The molecule has 1 aromatic rings. The maximum absolute atomic E-state index is 5.71. The molecule has 0 aliphatic carbocycles. The number of nitrogens with one attached hydrogen (secondary N) is 1. The van der Waals surface area contributed by atoms with Crippen molar-refractivity contribution in [2.24, 2.45) is 5.41 Å². The van der Waals surface area contributed by atoms with Gasteiger partial charge in [-0.1, -0.05) is 0 Å². The van der Waals surface area contributed by atoms with Crippen molar-refractivity contribution in [2.45, 2.75) is 25.9 Å². The van der Waals surface area contributed by atoms with Gasteiger partial charge in [-0.05, 0) is 20.4 Å². The minimum absolute atomic E-state index is 0.243. The normalized spacial score (nSPS) is 30.9. The summed E-state index contributed by atoms with van der Waals surface area (Å²) in [6.45, 7) is 4.07. The molecule has 2 atom stereocenters. The number of hydrogen-bond donors (Lipinski definition) is 1. The summed E-state index contributed by atoms with van der Waals surface area (Å²) in [7, 11) is 2.01. The molecule has 1 N–H and O–H groups in total. The molecule has 3 nitrogen and oxygen atoms in total. The van der Waals surface area contributed by atoms with Gasteiger partial charge in [0, 0.05) is 36.6 Å². The van der Waals surface area contributed by atoms with Crippen LogP contribution in [0.4, 0.5) is 0 Å². The van der Waals surface area contributed by atoms with E-state index in [1.807, 2.05) is 18.6 Å². The Morgan fingerprint density at radius 3 is 3.13 bits per heavy atom. The van der Waals surface area contributed by atoms with Crippen LogP contribution in [-0.4, -0.2) is 31.3 Å². The van der Waals surface area contributed by atoms with Crippen molar-refractivity contribution in [1.82, 2.24) is 10.3 Å². The minimum Gasteiger partial charge on any atom is -0.378 e. The Labute approximate surface area is 94.9 Å². The van der Waals surface area contributed by atoms with Crippen molar-refractivity contribution in [1.29, 1.82) is 0 Å². The van der Waals surface area contributed by atoms with E-state index in [0.29, 0.717) is 6.10 Å². The van der Waals surface area contributed by atoms with Crippen molar-refractivity contribution in [3.63, 3.8) is 0 Å². The second-order valence-corrected chi connectivity index (χ2v) is 5.24. The van der Waals surface area contributed by atoms with Gasteiger partial charge < -0.3 is 10.1 Å².